The van der Waals surface area contributed by atoms with E-state index < -0.39 is 0 Å². The van der Waals surface area contributed by atoms with Gasteiger partial charge in [-0.05, 0) is 68.1 Å². The summed E-state index contributed by atoms with van der Waals surface area (Å²) in [6.07, 6.45) is 6.75. The van der Waals surface area contributed by atoms with Crippen molar-refractivity contribution in [3.8, 4) is 22.8 Å². The zero-order valence-electron chi connectivity index (χ0n) is 17.5. The lowest BCUT2D eigenvalue weighted by Gasteiger charge is -2.27. The van der Waals surface area contributed by atoms with Gasteiger partial charge in [0.2, 0.25) is 5.95 Å². The Morgan fingerprint density at radius 2 is 1.62 bits per heavy atom. The number of hydrogen-bond acceptors (Lipinski definition) is 5. The Hall–Kier alpha value is -3.58. The van der Waals surface area contributed by atoms with Crippen molar-refractivity contribution in [1.82, 2.24) is 19.5 Å². The highest BCUT2D eigenvalue weighted by atomic mass is 19.1. The number of nitrogens with one attached hydrogen (secondary N) is 1. The van der Waals surface area contributed by atoms with E-state index >= 15 is 0 Å². The van der Waals surface area contributed by atoms with Crippen molar-refractivity contribution < 1.29 is 9.50 Å². The summed E-state index contributed by atoms with van der Waals surface area (Å²) in [7, 11) is 0. The maximum absolute atomic E-state index is 13.4. The first kappa shape index (κ1) is 20.3. The van der Waals surface area contributed by atoms with Crippen LogP contribution in [-0.2, 0) is 0 Å². The van der Waals surface area contributed by atoms with Crippen molar-refractivity contribution in [2.75, 3.05) is 5.32 Å². The Bertz CT molecular complexity index is 1180. The predicted molar refractivity (Wildman–Crippen MR) is 122 cm³/mol. The molecule has 1 aliphatic carbocycles. The third kappa shape index (κ3) is 4.38. The Labute approximate surface area is 185 Å². The van der Waals surface area contributed by atoms with Crippen LogP contribution in [0.4, 0.5) is 16.0 Å². The second-order valence-electron chi connectivity index (χ2n) is 8.08. The second kappa shape index (κ2) is 8.88. The highest BCUT2D eigenvalue weighted by Crippen LogP contribution is 2.34. The first-order chi connectivity index (χ1) is 15.7. The first-order valence-corrected chi connectivity index (χ1v) is 10.8. The minimum absolute atomic E-state index is 0.218. The van der Waals surface area contributed by atoms with E-state index in [1.54, 1.807) is 18.3 Å². The molecule has 1 saturated carbocycles. The Morgan fingerprint density at radius 3 is 2.38 bits per heavy atom. The van der Waals surface area contributed by atoms with Gasteiger partial charge in [-0.3, -0.25) is 0 Å². The standard InChI is InChI=1S/C25H24FN5O/c26-18-8-6-17(7-9-18)23-16-31(20-10-12-21(32)13-11-20)24(29-23)22-14-15-27-25(30-22)28-19-4-2-1-3-5-19/h1-9,14-16,20-21,32H,10-13H2,(H,27,28,30). The number of imidazole rings is 1. The van der Waals surface area contributed by atoms with E-state index in [1.165, 1.54) is 12.1 Å². The number of nitrogens with zero attached hydrogens (tertiary/aromatic N) is 4. The monoisotopic (exact) mass is 429 g/mol. The SMILES string of the molecule is OC1CCC(n2cc(-c3ccc(F)cc3)nc2-c2ccnc(Nc3ccccc3)n2)CC1. The summed E-state index contributed by atoms with van der Waals surface area (Å²) in [6.45, 7) is 0. The number of para-hydroxylation sites is 1. The molecule has 1 aliphatic rings. The van der Waals surface area contributed by atoms with Gasteiger partial charge in [-0.2, -0.15) is 0 Å². The van der Waals surface area contributed by atoms with Crippen LogP contribution in [0.2, 0.25) is 0 Å². The molecule has 0 amide bonds. The highest BCUT2D eigenvalue weighted by Gasteiger charge is 2.25. The van der Waals surface area contributed by atoms with Gasteiger partial charge in [-0.1, -0.05) is 18.2 Å². The van der Waals surface area contributed by atoms with E-state index in [9.17, 15) is 9.50 Å². The minimum Gasteiger partial charge on any atom is -0.393 e. The van der Waals surface area contributed by atoms with Crippen molar-refractivity contribution in [3.05, 3.63) is 78.9 Å². The van der Waals surface area contributed by atoms with Crippen molar-refractivity contribution in [2.45, 2.75) is 37.8 Å². The van der Waals surface area contributed by atoms with Crippen molar-refractivity contribution >= 4 is 11.6 Å². The summed E-state index contributed by atoms with van der Waals surface area (Å²) in [6, 6.07) is 18.2. The summed E-state index contributed by atoms with van der Waals surface area (Å²) in [4.78, 5) is 14.0. The van der Waals surface area contributed by atoms with E-state index in [2.05, 4.69) is 14.9 Å². The molecule has 162 valence electrons. The van der Waals surface area contributed by atoms with Crippen LogP contribution in [0.1, 0.15) is 31.7 Å². The van der Waals surface area contributed by atoms with E-state index in [-0.39, 0.29) is 18.0 Å². The van der Waals surface area contributed by atoms with Crippen LogP contribution >= 0.6 is 0 Å². The molecule has 1 fully saturated rings. The van der Waals surface area contributed by atoms with Crippen LogP contribution < -0.4 is 5.32 Å². The fourth-order valence-electron chi connectivity index (χ4n) is 4.15. The van der Waals surface area contributed by atoms with Crippen LogP contribution in [0.15, 0.2) is 73.1 Å². The molecule has 2 heterocycles. The summed E-state index contributed by atoms with van der Waals surface area (Å²) < 4.78 is 15.6. The lowest BCUT2D eigenvalue weighted by atomic mass is 9.93. The van der Waals surface area contributed by atoms with Crippen molar-refractivity contribution in [2.24, 2.45) is 0 Å². The molecule has 4 aromatic rings. The molecule has 0 bridgehead atoms. The Balaban J connectivity index is 1.53. The minimum atomic E-state index is -0.276. The molecule has 0 spiro atoms. The quantitative estimate of drug-likeness (QED) is 0.446. The predicted octanol–water partition coefficient (Wildman–Crippen LogP) is 5.37. The van der Waals surface area contributed by atoms with Gasteiger partial charge in [0.15, 0.2) is 5.82 Å². The molecule has 0 unspecified atom stereocenters. The van der Waals surface area contributed by atoms with Gasteiger partial charge in [0.25, 0.3) is 0 Å². The summed E-state index contributed by atoms with van der Waals surface area (Å²) >= 11 is 0. The topological polar surface area (TPSA) is 75.9 Å². The molecule has 5 rings (SSSR count). The number of aliphatic hydroxyl groups excluding tert-OH is 1. The lowest BCUT2D eigenvalue weighted by Crippen LogP contribution is -2.21. The summed E-state index contributed by atoms with van der Waals surface area (Å²) in [5, 5.41) is 13.2. The fourth-order valence-corrected chi connectivity index (χ4v) is 4.15. The molecular formula is C25H24FN5O. The van der Waals surface area contributed by atoms with E-state index in [1.807, 2.05) is 42.6 Å². The van der Waals surface area contributed by atoms with E-state index in [0.29, 0.717) is 11.6 Å². The molecule has 0 atom stereocenters. The van der Waals surface area contributed by atoms with Crippen LogP contribution in [0, 0.1) is 5.82 Å². The number of aromatic nitrogens is 4. The lowest BCUT2D eigenvalue weighted by molar-refractivity contribution is 0.111. The van der Waals surface area contributed by atoms with E-state index in [0.717, 1.165) is 48.5 Å². The summed E-state index contributed by atoms with van der Waals surface area (Å²) in [5.74, 6) is 0.956. The molecule has 0 saturated heterocycles. The average molecular weight is 429 g/mol. The van der Waals surface area contributed by atoms with Gasteiger partial charge in [0.05, 0.1) is 11.8 Å². The Kier molecular flexibility index (Phi) is 5.64. The number of hydrogen-bond donors (Lipinski definition) is 2. The molecule has 0 aliphatic heterocycles. The molecule has 32 heavy (non-hydrogen) atoms. The average Bonchev–Trinajstić information content (AvgIpc) is 3.26. The number of rotatable bonds is 5. The maximum Gasteiger partial charge on any atom is 0.227 e. The zero-order chi connectivity index (χ0) is 21.9. The van der Waals surface area contributed by atoms with Crippen LogP contribution in [0.25, 0.3) is 22.8 Å². The number of aliphatic hydroxyl groups is 1. The molecule has 7 heteroatoms. The van der Waals surface area contributed by atoms with E-state index in [4.69, 9.17) is 9.97 Å². The number of halogens is 1. The van der Waals surface area contributed by atoms with Gasteiger partial charge in [0, 0.05) is 29.7 Å². The molecule has 6 nitrogen and oxygen atoms in total. The fraction of sp³-hybridized carbons (Fsp3) is 0.240. The van der Waals surface area contributed by atoms with Crippen molar-refractivity contribution in [3.63, 3.8) is 0 Å². The van der Waals surface area contributed by atoms with Gasteiger partial charge in [0.1, 0.15) is 11.5 Å². The van der Waals surface area contributed by atoms with Gasteiger partial charge in [-0.25, -0.2) is 19.3 Å². The van der Waals surface area contributed by atoms with Gasteiger partial charge < -0.3 is 15.0 Å². The molecule has 2 aromatic carbocycles. The normalized spacial score (nSPS) is 18.4. The third-order valence-electron chi connectivity index (χ3n) is 5.85. The first-order valence-electron chi connectivity index (χ1n) is 10.8. The molecular weight excluding hydrogens is 405 g/mol. The Morgan fingerprint density at radius 1 is 0.875 bits per heavy atom. The van der Waals surface area contributed by atoms with Crippen molar-refractivity contribution in [1.29, 1.82) is 0 Å². The number of benzene rings is 2. The van der Waals surface area contributed by atoms with Crippen LogP contribution in [0.5, 0.6) is 0 Å². The maximum atomic E-state index is 13.4. The smallest absolute Gasteiger partial charge is 0.227 e. The molecule has 2 N–H and O–H groups in total. The second-order valence-corrected chi connectivity index (χ2v) is 8.08. The molecule has 0 radical (unpaired) electrons. The number of anilines is 2. The zero-order valence-corrected chi connectivity index (χ0v) is 17.5. The van der Waals surface area contributed by atoms with Gasteiger partial charge >= 0.3 is 0 Å². The van der Waals surface area contributed by atoms with Crippen LogP contribution in [0.3, 0.4) is 0 Å². The third-order valence-corrected chi connectivity index (χ3v) is 5.85. The summed E-state index contributed by atoms with van der Waals surface area (Å²) in [5.41, 5.74) is 3.22. The van der Waals surface area contributed by atoms with Crippen LogP contribution in [-0.4, -0.2) is 30.7 Å². The molecule has 2 aromatic heterocycles. The highest BCUT2D eigenvalue weighted by molar-refractivity contribution is 5.64. The van der Waals surface area contributed by atoms with Gasteiger partial charge in [-0.15, -0.1) is 0 Å². The largest absolute Gasteiger partial charge is 0.393 e.